The zero-order chi connectivity index (χ0) is 21.8. The predicted octanol–water partition coefficient (Wildman–Crippen LogP) is 7.35. The second kappa shape index (κ2) is 9.90. The van der Waals surface area contributed by atoms with Crippen LogP contribution in [0.15, 0.2) is 54.1 Å². The number of hydrogen-bond acceptors (Lipinski definition) is 1. The van der Waals surface area contributed by atoms with Crippen molar-refractivity contribution in [3.8, 4) is 0 Å². The highest BCUT2D eigenvalue weighted by Crippen LogP contribution is 2.38. The second-order valence-corrected chi connectivity index (χ2v) is 9.76. The lowest BCUT2D eigenvalue weighted by molar-refractivity contribution is -0.131. The Kier molecular flexibility index (Phi) is 6.57. The summed E-state index contributed by atoms with van der Waals surface area (Å²) < 4.78 is 0. The summed E-state index contributed by atoms with van der Waals surface area (Å²) in [5.41, 5.74) is 8.12. The highest BCUT2D eigenvalue weighted by molar-refractivity contribution is 5.95. The molecule has 1 amide bonds. The van der Waals surface area contributed by atoms with E-state index in [0.29, 0.717) is 5.91 Å². The van der Waals surface area contributed by atoms with Gasteiger partial charge in [-0.3, -0.25) is 4.79 Å². The summed E-state index contributed by atoms with van der Waals surface area (Å²) >= 11 is 0. The average molecular weight is 426 g/mol. The summed E-state index contributed by atoms with van der Waals surface area (Å²) in [5, 5.41) is 0. The van der Waals surface area contributed by atoms with Crippen LogP contribution in [0.2, 0.25) is 0 Å². The fraction of sp³-hybridized carbons (Fsp3) is 0.433. The molecular weight excluding hydrogens is 390 g/mol. The maximum atomic E-state index is 12.9. The quantitative estimate of drug-likeness (QED) is 0.428. The van der Waals surface area contributed by atoms with Gasteiger partial charge in [0.1, 0.15) is 0 Å². The molecule has 1 saturated heterocycles. The highest BCUT2D eigenvalue weighted by atomic mass is 16.2. The van der Waals surface area contributed by atoms with Crippen LogP contribution in [0, 0.1) is 5.92 Å². The Morgan fingerprint density at radius 1 is 0.812 bits per heavy atom. The number of carbonyl (C=O) groups excluding carboxylic acids is 1. The molecule has 0 spiro atoms. The van der Waals surface area contributed by atoms with Crippen LogP contribution >= 0.6 is 0 Å². The first-order valence-electron chi connectivity index (χ1n) is 12.7. The third-order valence-corrected chi connectivity index (χ3v) is 7.70. The summed E-state index contributed by atoms with van der Waals surface area (Å²) in [5.74, 6) is 1.24. The third-order valence-electron chi connectivity index (χ3n) is 7.70. The Bertz CT molecular complexity index is 963. The molecule has 2 fully saturated rings. The number of likely N-dealkylation sites (tertiary alicyclic amines) is 1. The minimum Gasteiger partial charge on any atom is -0.342 e. The van der Waals surface area contributed by atoms with Gasteiger partial charge >= 0.3 is 0 Å². The standard InChI is InChI=1S/C30H35NO/c32-29(16-8-11-23-9-2-1-3-10-23)31-21-19-26(20-22-31)30-27-14-6-4-12-24(27)17-18-25-13-5-7-15-28(25)30/h4-7,12-15,17-18,23H,1-3,8-11,16,19-22H2. The van der Waals surface area contributed by atoms with Crippen molar-refractivity contribution in [3.05, 3.63) is 76.4 Å². The maximum absolute atomic E-state index is 12.9. The average Bonchev–Trinajstić information content (AvgIpc) is 3.02. The lowest BCUT2D eigenvalue weighted by Gasteiger charge is -2.31. The number of piperidine rings is 1. The van der Waals surface area contributed by atoms with Crippen molar-refractivity contribution in [1.82, 2.24) is 4.90 Å². The number of hydrogen-bond donors (Lipinski definition) is 0. The fourth-order valence-corrected chi connectivity index (χ4v) is 5.90. The first-order chi connectivity index (χ1) is 15.8. The minimum absolute atomic E-state index is 0.369. The van der Waals surface area contributed by atoms with Crippen molar-refractivity contribution in [2.45, 2.75) is 64.2 Å². The van der Waals surface area contributed by atoms with Gasteiger partial charge in [0.25, 0.3) is 0 Å². The van der Waals surface area contributed by atoms with E-state index in [9.17, 15) is 4.79 Å². The third kappa shape index (κ3) is 4.60. The van der Waals surface area contributed by atoms with Crippen LogP contribution in [0.25, 0.3) is 17.7 Å². The molecule has 0 bridgehead atoms. The van der Waals surface area contributed by atoms with E-state index in [2.05, 4.69) is 65.6 Å². The Morgan fingerprint density at radius 2 is 1.41 bits per heavy atom. The van der Waals surface area contributed by atoms with Crippen molar-refractivity contribution in [2.75, 3.05) is 13.1 Å². The maximum Gasteiger partial charge on any atom is 0.222 e. The van der Waals surface area contributed by atoms with Gasteiger partial charge in [0.05, 0.1) is 0 Å². The monoisotopic (exact) mass is 425 g/mol. The summed E-state index contributed by atoms with van der Waals surface area (Å²) in [6.07, 6.45) is 16.4. The molecule has 2 aliphatic carbocycles. The Labute approximate surface area is 193 Å². The van der Waals surface area contributed by atoms with E-state index in [1.54, 1.807) is 0 Å². The molecular formula is C30H35NO. The van der Waals surface area contributed by atoms with Crippen molar-refractivity contribution < 1.29 is 4.79 Å². The summed E-state index contributed by atoms with van der Waals surface area (Å²) in [4.78, 5) is 15.0. The van der Waals surface area contributed by atoms with Crippen molar-refractivity contribution in [1.29, 1.82) is 0 Å². The number of benzene rings is 2. The molecule has 0 unspecified atom stereocenters. The molecule has 1 heterocycles. The molecule has 0 aromatic heterocycles. The molecule has 3 aliphatic rings. The molecule has 0 N–H and O–H groups in total. The summed E-state index contributed by atoms with van der Waals surface area (Å²) in [6.45, 7) is 1.72. The van der Waals surface area contributed by atoms with Crippen LogP contribution in [0.1, 0.15) is 86.5 Å². The van der Waals surface area contributed by atoms with Crippen LogP contribution in [-0.4, -0.2) is 23.9 Å². The van der Waals surface area contributed by atoms with Gasteiger partial charge in [0.2, 0.25) is 5.91 Å². The normalized spacial score (nSPS) is 18.8. The molecule has 32 heavy (non-hydrogen) atoms. The molecule has 2 aromatic carbocycles. The van der Waals surface area contributed by atoms with Gasteiger partial charge in [-0.2, -0.15) is 0 Å². The number of carbonyl (C=O) groups is 1. The van der Waals surface area contributed by atoms with Gasteiger partial charge in [0, 0.05) is 19.5 Å². The lowest BCUT2D eigenvalue weighted by Crippen LogP contribution is -2.36. The van der Waals surface area contributed by atoms with E-state index in [1.807, 2.05) is 0 Å². The molecule has 1 aliphatic heterocycles. The van der Waals surface area contributed by atoms with Gasteiger partial charge < -0.3 is 4.90 Å². The Balaban J connectivity index is 1.28. The molecule has 2 nitrogen and oxygen atoms in total. The number of fused-ring (bicyclic) bond motifs is 2. The molecule has 0 atom stereocenters. The first-order valence-corrected chi connectivity index (χ1v) is 12.7. The van der Waals surface area contributed by atoms with Crippen LogP contribution in [0.4, 0.5) is 0 Å². The van der Waals surface area contributed by atoms with Gasteiger partial charge in [0.15, 0.2) is 0 Å². The van der Waals surface area contributed by atoms with E-state index in [0.717, 1.165) is 44.7 Å². The molecule has 166 valence electrons. The van der Waals surface area contributed by atoms with Crippen molar-refractivity contribution in [3.63, 3.8) is 0 Å². The number of nitrogens with zero attached hydrogens (tertiary/aromatic N) is 1. The minimum atomic E-state index is 0.369. The topological polar surface area (TPSA) is 20.3 Å². The molecule has 1 saturated carbocycles. The van der Waals surface area contributed by atoms with Crippen LogP contribution in [-0.2, 0) is 4.79 Å². The Hall–Kier alpha value is -2.61. The van der Waals surface area contributed by atoms with Crippen molar-refractivity contribution in [2.24, 2.45) is 5.92 Å². The molecule has 5 rings (SSSR count). The number of amides is 1. The number of rotatable bonds is 4. The zero-order valence-corrected chi connectivity index (χ0v) is 19.2. The summed E-state index contributed by atoms with van der Waals surface area (Å²) in [6, 6.07) is 17.5. The zero-order valence-electron chi connectivity index (χ0n) is 19.2. The van der Waals surface area contributed by atoms with E-state index in [4.69, 9.17) is 0 Å². The van der Waals surface area contributed by atoms with E-state index in [1.165, 1.54) is 71.9 Å². The molecule has 2 heteroatoms. The van der Waals surface area contributed by atoms with Gasteiger partial charge in [-0.1, -0.05) is 98.4 Å². The van der Waals surface area contributed by atoms with Gasteiger partial charge in [-0.05, 0) is 59.4 Å². The largest absolute Gasteiger partial charge is 0.342 e. The first kappa shape index (κ1) is 21.2. The van der Waals surface area contributed by atoms with E-state index in [-0.39, 0.29) is 0 Å². The SMILES string of the molecule is O=C(CCCC1CCCCC1)N1CCC(=C2c3ccccc3C=Cc3ccccc32)CC1. The smallest absolute Gasteiger partial charge is 0.222 e. The van der Waals surface area contributed by atoms with Gasteiger partial charge in [-0.15, -0.1) is 0 Å². The van der Waals surface area contributed by atoms with Crippen LogP contribution in [0.5, 0.6) is 0 Å². The molecule has 0 radical (unpaired) electrons. The second-order valence-electron chi connectivity index (χ2n) is 9.76. The lowest BCUT2D eigenvalue weighted by atomic mass is 9.85. The van der Waals surface area contributed by atoms with Gasteiger partial charge in [-0.25, -0.2) is 0 Å². The predicted molar refractivity (Wildman–Crippen MR) is 134 cm³/mol. The van der Waals surface area contributed by atoms with Crippen LogP contribution in [0.3, 0.4) is 0 Å². The summed E-state index contributed by atoms with van der Waals surface area (Å²) in [7, 11) is 0. The fourth-order valence-electron chi connectivity index (χ4n) is 5.90. The Morgan fingerprint density at radius 3 is 2.03 bits per heavy atom. The van der Waals surface area contributed by atoms with Crippen molar-refractivity contribution >= 4 is 23.6 Å². The molecule has 2 aromatic rings. The van der Waals surface area contributed by atoms with Crippen LogP contribution < -0.4 is 0 Å². The highest BCUT2D eigenvalue weighted by Gasteiger charge is 2.24. The van der Waals surface area contributed by atoms with E-state index < -0.39 is 0 Å². The van der Waals surface area contributed by atoms with E-state index >= 15 is 0 Å².